The van der Waals surface area contributed by atoms with Crippen molar-refractivity contribution in [2.24, 2.45) is 7.05 Å². The van der Waals surface area contributed by atoms with Gasteiger partial charge in [-0.3, -0.25) is 4.68 Å². The highest BCUT2D eigenvalue weighted by Crippen LogP contribution is 2.22. The van der Waals surface area contributed by atoms with Gasteiger partial charge in [0, 0.05) is 19.6 Å². The first-order chi connectivity index (χ1) is 6.77. The van der Waals surface area contributed by atoms with Gasteiger partial charge in [-0.2, -0.15) is 0 Å². The fraction of sp³-hybridized carbons (Fsp3) is 0.778. The summed E-state index contributed by atoms with van der Waals surface area (Å²) >= 11 is 0. The molecule has 2 atom stereocenters. The highest BCUT2D eigenvalue weighted by Gasteiger charge is 2.26. The summed E-state index contributed by atoms with van der Waals surface area (Å²) in [4.78, 5) is 0. The van der Waals surface area contributed by atoms with Crippen LogP contribution in [0.2, 0.25) is 0 Å². The zero-order valence-electron chi connectivity index (χ0n) is 8.28. The van der Waals surface area contributed by atoms with Gasteiger partial charge in [0.15, 0.2) is 0 Å². The largest absolute Gasteiger partial charge is 0.305 e. The van der Waals surface area contributed by atoms with Crippen molar-refractivity contribution in [1.29, 1.82) is 0 Å². The number of nitrogens with one attached hydrogen (secondary N) is 1. The molecule has 1 aliphatic rings. The summed E-state index contributed by atoms with van der Waals surface area (Å²) in [7, 11) is 1.84. The van der Waals surface area contributed by atoms with Crippen molar-refractivity contribution in [2.75, 3.05) is 0 Å². The molecule has 1 fully saturated rings. The van der Waals surface area contributed by atoms with Crippen molar-refractivity contribution in [3.63, 3.8) is 0 Å². The number of aromatic nitrogens is 3. The van der Waals surface area contributed by atoms with Crippen molar-refractivity contribution in [3.8, 4) is 0 Å². The molecular weight excluding hydrogens is 183 g/mol. The van der Waals surface area contributed by atoms with Gasteiger partial charge < -0.3 is 5.32 Å². The third-order valence-corrected chi connectivity index (χ3v) is 2.79. The Hall–Kier alpha value is -0.970. The lowest BCUT2D eigenvalue weighted by Gasteiger charge is -2.14. The highest BCUT2D eigenvalue weighted by molar-refractivity contribution is 4.94. The lowest BCUT2D eigenvalue weighted by molar-refractivity contribution is 0.278. The van der Waals surface area contributed by atoms with Crippen LogP contribution in [-0.2, 0) is 13.6 Å². The van der Waals surface area contributed by atoms with Gasteiger partial charge in [-0.25, -0.2) is 4.39 Å². The first-order valence-electron chi connectivity index (χ1n) is 4.98. The first kappa shape index (κ1) is 9.58. The maximum atomic E-state index is 13.2. The Bertz CT molecular complexity index is 299. The topological polar surface area (TPSA) is 42.7 Å². The van der Waals surface area contributed by atoms with Crippen LogP contribution in [0.1, 0.15) is 25.0 Å². The van der Waals surface area contributed by atoms with Crippen LogP contribution < -0.4 is 5.32 Å². The van der Waals surface area contributed by atoms with Gasteiger partial charge in [-0.15, -0.1) is 5.10 Å². The van der Waals surface area contributed by atoms with E-state index in [1.54, 1.807) is 10.9 Å². The number of nitrogens with zero attached hydrogens (tertiary/aromatic N) is 3. The SMILES string of the molecule is Cn1nncc1CN[C@@H]1CCC[C@@H]1F. The van der Waals surface area contributed by atoms with Crippen LogP contribution in [0.25, 0.3) is 0 Å². The van der Waals surface area contributed by atoms with Crippen molar-refractivity contribution in [3.05, 3.63) is 11.9 Å². The zero-order valence-corrected chi connectivity index (χ0v) is 8.28. The molecule has 0 saturated heterocycles. The Kier molecular flexibility index (Phi) is 2.77. The Morgan fingerprint density at radius 1 is 1.64 bits per heavy atom. The smallest absolute Gasteiger partial charge is 0.115 e. The molecule has 0 aromatic carbocycles. The summed E-state index contributed by atoms with van der Waals surface area (Å²) in [5.41, 5.74) is 0.990. The number of hydrogen-bond donors (Lipinski definition) is 1. The fourth-order valence-electron chi connectivity index (χ4n) is 1.85. The molecule has 1 aromatic heterocycles. The van der Waals surface area contributed by atoms with Crippen molar-refractivity contribution < 1.29 is 4.39 Å². The van der Waals surface area contributed by atoms with E-state index in [1.165, 1.54) is 0 Å². The van der Waals surface area contributed by atoms with Gasteiger partial charge in [0.05, 0.1) is 11.9 Å². The zero-order chi connectivity index (χ0) is 9.97. The van der Waals surface area contributed by atoms with Crippen LogP contribution in [0, 0.1) is 0 Å². The molecule has 1 aliphatic carbocycles. The monoisotopic (exact) mass is 198 g/mol. The second-order valence-corrected chi connectivity index (χ2v) is 3.78. The molecule has 0 radical (unpaired) electrons. The number of alkyl halides is 1. The second-order valence-electron chi connectivity index (χ2n) is 3.78. The predicted octanol–water partition coefficient (Wildman–Crippen LogP) is 0.795. The summed E-state index contributed by atoms with van der Waals surface area (Å²) in [5, 5.41) is 10.8. The minimum atomic E-state index is -0.684. The molecule has 1 aromatic rings. The molecule has 0 spiro atoms. The van der Waals surface area contributed by atoms with Crippen LogP contribution in [0.3, 0.4) is 0 Å². The third-order valence-electron chi connectivity index (χ3n) is 2.79. The van der Waals surface area contributed by atoms with Gasteiger partial charge >= 0.3 is 0 Å². The van der Waals surface area contributed by atoms with Crippen LogP contribution >= 0.6 is 0 Å². The summed E-state index contributed by atoms with van der Waals surface area (Å²) in [6, 6.07) is 0.0184. The maximum Gasteiger partial charge on any atom is 0.115 e. The maximum absolute atomic E-state index is 13.2. The fourth-order valence-corrected chi connectivity index (χ4v) is 1.85. The number of rotatable bonds is 3. The van der Waals surface area contributed by atoms with E-state index in [4.69, 9.17) is 0 Å². The summed E-state index contributed by atoms with van der Waals surface area (Å²) in [6.07, 6.45) is 3.64. The summed E-state index contributed by atoms with van der Waals surface area (Å²) in [6.45, 7) is 0.647. The molecule has 0 amide bonds. The molecule has 0 unspecified atom stereocenters. The van der Waals surface area contributed by atoms with Gasteiger partial charge in [-0.05, 0) is 19.3 Å². The number of aryl methyl sites for hydroxylation is 1. The molecule has 4 nitrogen and oxygen atoms in total. The summed E-state index contributed by atoms with van der Waals surface area (Å²) in [5.74, 6) is 0. The van der Waals surface area contributed by atoms with Crippen molar-refractivity contribution in [1.82, 2.24) is 20.3 Å². The van der Waals surface area contributed by atoms with Gasteiger partial charge in [0.2, 0.25) is 0 Å². The summed E-state index contributed by atoms with van der Waals surface area (Å²) < 4.78 is 14.9. The molecule has 0 aliphatic heterocycles. The Morgan fingerprint density at radius 3 is 3.07 bits per heavy atom. The van der Waals surface area contributed by atoms with Crippen LogP contribution in [-0.4, -0.2) is 27.2 Å². The Balaban J connectivity index is 1.85. The van der Waals surface area contributed by atoms with E-state index >= 15 is 0 Å². The van der Waals surface area contributed by atoms with E-state index in [2.05, 4.69) is 15.6 Å². The van der Waals surface area contributed by atoms with Crippen LogP contribution in [0.4, 0.5) is 4.39 Å². The van der Waals surface area contributed by atoms with Gasteiger partial charge in [-0.1, -0.05) is 5.21 Å². The lowest BCUT2D eigenvalue weighted by atomic mass is 10.2. The van der Waals surface area contributed by atoms with E-state index in [9.17, 15) is 4.39 Å². The molecule has 1 N–H and O–H groups in total. The average Bonchev–Trinajstić information content (AvgIpc) is 2.72. The van der Waals surface area contributed by atoms with E-state index in [0.717, 1.165) is 18.5 Å². The third kappa shape index (κ3) is 1.92. The molecule has 14 heavy (non-hydrogen) atoms. The molecule has 1 saturated carbocycles. The molecule has 0 bridgehead atoms. The van der Waals surface area contributed by atoms with Crippen molar-refractivity contribution >= 4 is 0 Å². The minimum Gasteiger partial charge on any atom is -0.305 e. The van der Waals surface area contributed by atoms with E-state index in [1.807, 2.05) is 7.05 Å². The normalized spacial score (nSPS) is 27.0. The first-order valence-corrected chi connectivity index (χ1v) is 4.98. The minimum absolute atomic E-state index is 0.0184. The highest BCUT2D eigenvalue weighted by atomic mass is 19.1. The molecular formula is C9H15FN4. The van der Waals surface area contributed by atoms with E-state index in [0.29, 0.717) is 13.0 Å². The number of hydrogen-bond acceptors (Lipinski definition) is 3. The quantitative estimate of drug-likeness (QED) is 0.781. The molecule has 2 rings (SSSR count). The molecule has 1 heterocycles. The standard InChI is InChI=1S/C9H15FN4/c1-14-7(6-12-13-14)5-11-9-4-2-3-8(9)10/h6,8-9,11H,2-5H2,1H3/t8-,9+/m0/s1. The van der Waals surface area contributed by atoms with Gasteiger partial charge in [0.1, 0.15) is 6.17 Å². The predicted molar refractivity (Wildman–Crippen MR) is 50.4 cm³/mol. The average molecular weight is 198 g/mol. The molecule has 78 valence electrons. The second kappa shape index (κ2) is 4.04. The van der Waals surface area contributed by atoms with Crippen LogP contribution in [0.15, 0.2) is 6.20 Å². The van der Waals surface area contributed by atoms with E-state index < -0.39 is 6.17 Å². The van der Waals surface area contributed by atoms with Crippen molar-refractivity contribution in [2.45, 2.75) is 38.0 Å². The lowest BCUT2D eigenvalue weighted by Crippen LogP contribution is -2.33. The number of halogens is 1. The van der Waals surface area contributed by atoms with Gasteiger partial charge in [0.25, 0.3) is 0 Å². The molecule has 5 heteroatoms. The van der Waals surface area contributed by atoms with E-state index in [-0.39, 0.29) is 6.04 Å². The van der Waals surface area contributed by atoms with Crippen LogP contribution in [0.5, 0.6) is 0 Å². The Labute approximate surface area is 82.5 Å². The Morgan fingerprint density at radius 2 is 2.50 bits per heavy atom.